The van der Waals surface area contributed by atoms with Crippen molar-refractivity contribution in [2.75, 3.05) is 6.54 Å². The summed E-state index contributed by atoms with van der Waals surface area (Å²) in [6.45, 7) is 6.21. The molecule has 1 fully saturated rings. The van der Waals surface area contributed by atoms with Crippen molar-refractivity contribution in [3.05, 3.63) is 39.9 Å². The predicted octanol–water partition coefficient (Wildman–Crippen LogP) is 2.89. The molecule has 100 valence electrons. The number of hydrogen-bond acceptors (Lipinski definition) is 5. The van der Waals surface area contributed by atoms with Crippen LogP contribution in [0.5, 0.6) is 0 Å². The van der Waals surface area contributed by atoms with Gasteiger partial charge in [-0.2, -0.15) is 0 Å². The first-order chi connectivity index (χ1) is 9.24. The van der Waals surface area contributed by atoms with Gasteiger partial charge in [-0.25, -0.2) is 4.98 Å². The second-order valence-electron chi connectivity index (χ2n) is 5.07. The van der Waals surface area contributed by atoms with Gasteiger partial charge < -0.3 is 0 Å². The molecule has 3 rings (SSSR count). The lowest BCUT2D eigenvalue weighted by molar-refractivity contribution is 0.245. The van der Waals surface area contributed by atoms with Gasteiger partial charge in [0.2, 0.25) is 0 Å². The number of hydrogen-bond donors (Lipinski definition) is 0. The summed E-state index contributed by atoms with van der Waals surface area (Å²) >= 11 is 1.75. The molecule has 1 aliphatic heterocycles. The summed E-state index contributed by atoms with van der Waals surface area (Å²) in [4.78, 5) is 17.1. The fourth-order valence-electron chi connectivity index (χ4n) is 2.66. The first kappa shape index (κ1) is 12.7. The molecule has 0 saturated carbocycles. The molecule has 0 bridgehead atoms. The normalized spacial score (nSPS) is 20.0. The van der Waals surface area contributed by atoms with Gasteiger partial charge in [0.25, 0.3) is 0 Å². The van der Waals surface area contributed by atoms with Crippen molar-refractivity contribution in [3.8, 4) is 0 Å². The lowest BCUT2D eigenvalue weighted by Crippen LogP contribution is -2.23. The molecule has 1 saturated heterocycles. The highest BCUT2D eigenvalue weighted by atomic mass is 32.1. The molecule has 2 aromatic rings. The number of rotatable bonds is 3. The van der Waals surface area contributed by atoms with Crippen LogP contribution in [-0.2, 0) is 6.54 Å². The number of thiazole rings is 1. The Hall–Kier alpha value is -1.33. The monoisotopic (exact) mass is 274 g/mol. The second kappa shape index (κ2) is 5.35. The van der Waals surface area contributed by atoms with Crippen molar-refractivity contribution in [1.29, 1.82) is 0 Å². The van der Waals surface area contributed by atoms with Gasteiger partial charge in [0.05, 0.1) is 28.6 Å². The quantitative estimate of drug-likeness (QED) is 0.863. The molecule has 0 amide bonds. The summed E-state index contributed by atoms with van der Waals surface area (Å²) in [6.07, 6.45) is 6.14. The molecule has 1 atom stereocenters. The van der Waals surface area contributed by atoms with Gasteiger partial charge in [-0.15, -0.1) is 11.3 Å². The summed E-state index contributed by atoms with van der Waals surface area (Å²) in [5, 5.41) is 0. The minimum Gasteiger partial charge on any atom is -0.290 e. The average Bonchev–Trinajstić information content (AvgIpc) is 3.00. The highest BCUT2D eigenvalue weighted by Gasteiger charge is 2.28. The van der Waals surface area contributed by atoms with E-state index in [-0.39, 0.29) is 0 Å². The van der Waals surface area contributed by atoms with E-state index in [2.05, 4.69) is 26.8 Å². The van der Waals surface area contributed by atoms with Crippen molar-refractivity contribution in [3.63, 3.8) is 0 Å². The van der Waals surface area contributed by atoms with Gasteiger partial charge in [-0.3, -0.25) is 14.9 Å². The summed E-state index contributed by atoms with van der Waals surface area (Å²) in [5.41, 5.74) is 5.20. The Bertz CT molecular complexity index is 566. The number of likely N-dealkylation sites (tertiary alicyclic amines) is 1. The van der Waals surface area contributed by atoms with Crippen LogP contribution in [0.4, 0.5) is 0 Å². The molecule has 4 nitrogen and oxygen atoms in total. The van der Waals surface area contributed by atoms with E-state index in [1.165, 1.54) is 17.7 Å². The van der Waals surface area contributed by atoms with E-state index >= 15 is 0 Å². The third-order valence-corrected chi connectivity index (χ3v) is 4.59. The Morgan fingerprint density at radius 1 is 1.37 bits per heavy atom. The Balaban J connectivity index is 1.80. The smallest absolute Gasteiger partial charge is 0.0798 e. The molecule has 0 spiro atoms. The third kappa shape index (κ3) is 2.67. The maximum absolute atomic E-state index is 4.64. The number of aryl methyl sites for hydroxylation is 2. The van der Waals surface area contributed by atoms with Gasteiger partial charge >= 0.3 is 0 Å². The Morgan fingerprint density at radius 2 is 2.26 bits per heavy atom. The van der Waals surface area contributed by atoms with Gasteiger partial charge in [0.1, 0.15) is 0 Å². The molecule has 19 heavy (non-hydrogen) atoms. The van der Waals surface area contributed by atoms with Gasteiger partial charge in [-0.1, -0.05) is 0 Å². The van der Waals surface area contributed by atoms with Crippen LogP contribution < -0.4 is 0 Å². The maximum Gasteiger partial charge on any atom is 0.0798 e. The van der Waals surface area contributed by atoms with Gasteiger partial charge in [-0.05, 0) is 33.2 Å². The van der Waals surface area contributed by atoms with Crippen LogP contribution in [0.15, 0.2) is 17.9 Å². The van der Waals surface area contributed by atoms with Crippen LogP contribution in [0, 0.1) is 13.8 Å². The minimum atomic E-state index is 0.411. The van der Waals surface area contributed by atoms with Gasteiger partial charge in [0.15, 0.2) is 0 Å². The molecule has 0 aliphatic carbocycles. The summed E-state index contributed by atoms with van der Waals surface area (Å²) < 4.78 is 0. The third-order valence-electron chi connectivity index (χ3n) is 3.67. The van der Waals surface area contributed by atoms with Gasteiger partial charge in [0, 0.05) is 23.8 Å². The van der Waals surface area contributed by atoms with E-state index in [1.54, 1.807) is 11.3 Å². The fraction of sp³-hybridized carbons (Fsp3) is 0.500. The standard InChI is InChI=1S/C14H18N4S/c1-10-6-15-7-12(17-10)13-4-3-5-18(13)8-14-11(2)16-9-19-14/h6-7,9,13H,3-5,8H2,1-2H3/t13-/m0/s1. The van der Waals surface area contributed by atoms with Crippen molar-refractivity contribution in [2.24, 2.45) is 0 Å². The Kier molecular flexibility index (Phi) is 3.57. The topological polar surface area (TPSA) is 41.9 Å². The summed E-state index contributed by atoms with van der Waals surface area (Å²) in [5.74, 6) is 0. The lowest BCUT2D eigenvalue weighted by atomic mass is 10.1. The first-order valence-electron chi connectivity index (χ1n) is 6.65. The molecule has 0 radical (unpaired) electrons. The molecule has 1 aliphatic rings. The highest BCUT2D eigenvalue weighted by molar-refractivity contribution is 7.09. The molecule has 0 N–H and O–H groups in total. The number of nitrogens with zero attached hydrogens (tertiary/aromatic N) is 4. The van der Waals surface area contributed by atoms with Crippen LogP contribution in [0.1, 0.15) is 40.8 Å². The predicted molar refractivity (Wildman–Crippen MR) is 76.0 cm³/mol. The Labute approximate surface area is 117 Å². The van der Waals surface area contributed by atoms with Crippen LogP contribution >= 0.6 is 11.3 Å². The maximum atomic E-state index is 4.64. The van der Waals surface area contributed by atoms with Crippen molar-refractivity contribution >= 4 is 11.3 Å². The molecular formula is C14H18N4S. The van der Waals surface area contributed by atoms with E-state index in [0.29, 0.717) is 6.04 Å². The van der Waals surface area contributed by atoms with Crippen LogP contribution in [0.3, 0.4) is 0 Å². The highest BCUT2D eigenvalue weighted by Crippen LogP contribution is 2.32. The summed E-state index contributed by atoms with van der Waals surface area (Å²) in [7, 11) is 0. The van der Waals surface area contributed by atoms with E-state index < -0.39 is 0 Å². The molecule has 0 unspecified atom stereocenters. The first-order valence-corrected chi connectivity index (χ1v) is 7.53. The van der Waals surface area contributed by atoms with Crippen LogP contribution in [0.2, 0.25) is 0 Å². The molecule has 3 heterocycles. The molecular weight excluding hydrogens is 256 g/mol. The minimum absolute atomic E-state index is 0.411. The molecule has 5 heteroatoms. The largest absolute Gasteiger partial charge is 0.290 e. The lowest BCUT2D eigenvalue weighted by Gasteiger charge is -2.23. The second-order valence-corrected chi connectivity index (χ2v) is 6.01. The zero-order chi connectivity index (χ0) is 13.2. The SMILES string of the molecule is Cc1cncc([C@@H]2CCCN2Cc2scnc2C)n1. The molecule has 0 aromatic carbocycles. The van der Waals surface area contributed by atoms with E-state index in [1.807, 2.05) is 24.8 Å². The average molecular weight is 274 g/mol. The van der Waals surface area contributed by atoms with Crippen LogP contribution in [0.25, 0.3) is 0 Å². The summed E-state index contributed by atoms with van der Waals surface area (Å²) in [6, 6.07) is 0.411. The number of aromatic nitrogens is 3. The fourth-order valence-corrected chi connectivity index (χ4v) is 3.46. The zero-order valence-corrected chi connectivity index (χ0v) is 12.2. The van der Waals surface area contributed by atoms with Crippen LogP contribution in [-0.4, -0.2) is 26.4 Å². The van der Waals surface area contributed by atoms with Crippen molar-refractivity contribution < 1.29 is 0 Å². The molecule has 2 aromatic heterocycles. The van der Waals surface area contributed by atoms with E-state index in [9.17, 15) is 0 Å². The Morgan fingerprint density at radius 3 is 3.00 bits per heavy atom. The van der Waals surface area contributed by atoms with Crippen molar-refractivity contribution in [1.82, 2.24) is 19.9 Å². The zero-order valence-electron chi connectivity index (χ0n) is 11.3. The van der Waals surface area contributed by atoms with Crippen molar-refractivity contribution in [2.45, 2.75) is 39.3 Å². The van der Waals surface area contributed by atoms with E-state index in [0.717, 1.165) is 30.2 Å². The van der Waals surface area contributed by atoms with E-state index in [4.69, 9.17) is 0 Å².